The van der Waals surface area contributed by atoms with Crippen molar-refractivity contribution in [3.05, 3.63) is 0 Å². The Hall–Kier alpha value is -0.0200. The maximum atomic E-state index is 11.4. The van der Waals surface area contributed by atoms with Gasteiger partial charge in [-0.2, -0.15) is 0 Å². The van der Waals surface area contributed by atoms with Gasteiger partial charge in [0.05, 0.1) is 0 Å². The summed E-state index contributed by atoms with van der Waals surface area (Å²) in [7, 11) is 0. The van der Waals surface area contributed by atoms with E-state index in [9.17, 15) is 9.90 Å². The molecule has 0 aliphatic heterocycles. The van der Waals surface area contributed by atoms with Crippen molar-refractivity contribution in [3.8, 4) is 0 Å². The van der Waals surface area contributed by atoms with E-state index in [1.54, 1.807) is 0 Å². The topological polar surface area (TPSA) is 37.3 Å². The maximum absolute atomic E-state index is 11.4. The van der Waals surface area contributed by atoms with E-state index < -0.39 is 5.60 Å². The number of hydrogen-bond donors (Lipinski definition) is 2. The first kappa shape index (κ1) is 17.0. The van der Waals surface area contributed by atoms with Crippen molar-refractivity contribution < 1.29 is 9.90 Å². The van der Waals surface area contributed by atoms with Crippen LogP contribution in [0.2, 0.25) is 0 Å². The van der Waals surface area contributed by atoms with Gasteiger partial charge in [0.2, 0.25) is 5.12 Å². The third-order valence-corrected chi connectivity index (χ3v) is 3.70. The van der Waals surface area contributed by atoms with Gasteiger partial charge < -0.3 is 5.11 Å². The Labute approximate surface area is 112 Å². The normalized spacial score (nSPS) is 11.8. The van der Waals surface area contributed by atoms with E-state index in [2.05, 4.69) is 26.5 Å². The van der Waals surface area contributed by atoms with Crippen LogP contribution in [0, 0.1) is 0 Å². The summed E-state index contributed by atoms with van der Waals surface area (Å²) in [5, 5.41) is 9.91. The zero-order valence-corrected chi connectivity index (χ0v) is 12.3. The van der Waals surface area contributed by atoms with Crippen molar-refractivity contribution in [1.82, 2.24) is 0 Å². The number of unbranched alkanes of at least 4 members (excludes halogenated alkanes) is 6. The van der Waals surface area contributed by atoms with Crippen LogP contribution in [0.5, 0.6) is 0 Å². The molecule has 0 rings (SSSR count). The molecule has 0 aromatic heterocycles. The standard InChI is InChI=1S/C14H28O2S/c1-3-5-7-9-11-14(16,13(15)17)12-10-8-6-4-2/h16H,3-12H2,1-2H3,(H,15,17). The van der Waals surface area contributed by atoms with E-state index in [-0.39, 0.29) is 5.12 Å². The van der Waals surface area contributed by atoms with Gasteiger partial charge in [0, 0.05) is 0 Å². The fourth-order valence-corrected chi connectivity index (χ4v) is 2.25. The Kier molecular flexibility index (Phi) is 9.94. The van der Waals surface area contributed by atoms with Crippen LogP contribution in [-0.2, 0) is 4.79 Å². The Morgan fingerprint density at radius 2 is 1.35 bits per heavy atom. The van der Waals surface area contributed by atoms with Crippen LogP contribution in [0.15, 0.2) is 0 Å². The molecule has 0 bridgehead atoms. The molecular formula is C14H28O2S. The molecule has 0 heterocycles. The molecule has 0 aliphatic rings. The first-order valence-electron chi connectivity index (χ1n) is 7.02. The summed E-state index contributed by atoms with van der Waals surface area (Å²) >= 11 is 3.84. The van der Waals surface area contributed by atoms with Crippen LogP contribution in [0.1, 0.15) is 78.1 Å². The highest BCUT2D eigenvalue weighted by Gasteiger charge is 2.31. The lowest BCUT2D eigenvalue weighted by molar-refractivity contribution is -0.129. The van der Waals surface area contributed by atoms with Crippen LogP contribution in [-0.4, -0.2) is 15.8 Å². The maximum Gasteiger partial charge on any atom is 0.217 e. The predicted molar refractivity (Wildman–Crippen MR) is 76.5 cm³/mol. The van der Waals surface area contributed by atoms with Crippen molar-refractivity contribution in [2.24, 2.45) is 0 Å². The lowest BCUT2D eigenvalue weighted by Crippen LogP contribution is -2.35. The van der Waals surface area contributed by atoms with E-state index in [1.807, 2.05) is 0 Å². The molecule has 0 amide bonds. The first-order valence-corrected chi connectivity index (χ1v) is 7.47. The van der Waals surface area contributed by atoms with Crippen molar-refractivity contribution >= 4 is 17.7 Å². The van der Waals surface area contributed by atoms with Gasteiger partial charge in [-0.1, -0.05) is 65.2 Å². The number of aliphatic hydroxyl groups is 1. The van der Waals surface area contributed by atoms with Crippen LogP contribution < -0.4 is 0 Å². The zero-order chi connectivity index (χ0) is 13.1. The van der Waals surface area contributed by atoms with Gasteiger partial charge in [-0.3, -0.25) is 4.79 Å². The van der Waals surface area contributed by atoms with Crippen molar-refractivity contribution in [2.45, 2.75) is 83.7 Å². The third kappa shape index (κ3) is 7.82. The monoisotopic (exact) mass is 260 g/mol. The Morgan fingerprint density at radius 1 is 0.941 bits per heavy atom. The second-order valence-electron chi connectivity index (χ2n) is 4.96. The van der Waals surface area contributed by atoms with Gasteiger partial charge >= 0.3 is 0 Å². The Morgan fingerprint density at radius 3 is 1.65 bits per heavy atom. The number of carbonyl (C=O) groups is 1. The SMILES string of the molecule is CCCCCCC(O)(CCCCCC)C(=O)S. The summed E-state index contributed by atoms with van der Waals surface area (Å²) in [4.78, 5) is 11.4. The van der Waals surface area contributed by atoms with E-state index in [0.29, 0.717) is 12.8 Å². The molecule has 0 fully saturated rings. The Bertz CT molecular complexity index is 192. The van der Waals surface area contributed by atoms with E-state index >= 15 is 0 Å². The van der Waals surface area contributed by atoms with Gasteiger partial charge in [0.15, 0.2) is 0 Å². The quantitative estimate of drug-likeness (QED) is 0.433. The Balaban J connectivity index is 3.94. The second kappa shape index (κ2) is 9.95. The van der Waals surface area contributed by atoms with Gasteiger partial charge in [0.25, 0.3) is 0 Å². The van der Waals surface area contributed by atoms with E-state index in [0.717, 1.165) is 25.7 Å². The van der Waals surface area contributed by atoms with Crippen molar-refractivity contribution in [3.63, 3.8) is 0 Å². The number of hydrogen-bond acceptors (Lipinski definition) is 2. The van der Waals surface area contributed by atoms with E-state index in [1.165, 1.54) is 25.7 Å². The lowest BCUT2D eigenvalue weighted by atomic mass is 9.91. The molecule has 1 N–H and O–H groups in total. The first-order chi connectivity index (χ1) is 8.06. The molecule has 0 aliphatic carbocycles. The minimum Gasteiger partial charge on any atom is -0.381 e. The molecule has 0 unspecified atom stereocenters. The fourth-order valence-electron chi connectivity index (χ4n) is 2.03. The molecule has 0 radical (unpaired) electrons. The van der Waals surface area contributed by atoms with Crippen molar-refractivity contribution in [2.75, 3.05) is 0 Å². The highest BCUT2D eigenvalue weighted by molar-refractivity contribution is 7.96. The summed E-state index contributed by atoms with van der Waals surface area (Å²) in [5.74, 6) is 0. The minimum absolute atomic E-state index is 0.356. The van der Waals surface area contributed by atoms with Crippen LogP contribution >= 0.6 is 12.6 Å². The summed E-state index contributed by atoms with van der Waals surface area (Å²) in [6.07, 6.45) is 9.86. The van der Waals surface area contributed by atoms with Gasteiger partial charge in [-0.15, -0.1) is 12.6 Å². The van der Waals surface area contributed by atoms with E-state index in [4.69, 9.17) is 0 Å². The minimum atomic E-state index is -1.18. The molecule has 102 valence electrons. The largest absolute Gasteiger partial charge is 0.381 e. The van der Waals surface area contributed by atoms with Crippen molar-refractivity contribution in [1.29, 1.82) is 0 Å². The molecule has 0 spiro atoms. The smallest absolute Gasteiger partial charge is 0.217 e. The molecular weight excluding hydrogens is 232 g/mol. The van der Waals surface area contributed by atoms with Gasteiger partial charge in [-0.05, 0) is 12.8 Å². The highest BCUT2D eigenvalue weighted by Crippen LogP contribution is 2.25. The summed E-state index contributed by atoms with van der Waals surface area (Å²) in [6.45, 7) is 4.31. The molecule has 0 saturated heterocycles. The number of rotatable bonds is 11. The predicted octanol–water partition coefficient (Wildman–Crippen LogP) is 4.11. The summed E-state index contributed by atoms with van der Waals surface area (Å²) in [5.41, 5.74) is -1.18. The number of carbonyl (C=O) groups excluding carboxylic acids is 1. The van der Waals surface area contributed by atoms with Crippen LogP contribution in [0.3, 0.4) is 0 Å². The molecule has 3 heteroatoms. The summed E-state index contributed by atoms with van der Waals surface area (Å²) < 4.78 is 0. The second-order valence-corrected chi connectivity index (χ2v) is 5.36. The average Bonchev–Trinajstić information content (AvgIpc) is 2.30. The molecule has 0 aromatic carbocycles. The summed E-state index contributed by atoms with van der Waals surface area (Å²) in [6, 6.07) is 0. The molecule has 17 heavy (non-hydrogen) atoms. The zero-order valence-electron chi connectivity index (χ0n) is 11.4. The highest BCUT2D eigenvalue weighted by atomic mass is 32.1. The number of thiol groups is 1. The van der Waals surface area contributed by atoms with Gasteiger partial charge in [-0.25, -0.2) is 0 Å². The fraction of sp³-hybridized carbons (Fsp3) is 0.929. The molecule has 2 nitrogen and oxygen atoms in total. The molecule has 0 atom stereocenters. The third-order valence-electron chi connectivity index (χ3n) is 3.29. The molecule has 0 aromatic rings. The molecule has 0 saturated carbocycles. The van der Waals surface area contributed by atoms with Gasteiger partial charge in [0.1, 0.15) is 5.60 Å². The van der Waals surface area contributed by atoms with Crippen LogP contribution in [0.4, 0.5) is 0 Å². The van der Waals surface area contributed by atoms with Crippen LogP contribution in [0.25, 0.3) is 0 Å². The lowest BCUT2D eigenvalue weighted by Gasteiger charge is -2.24. The average molecular weight is 260 g/mol.